The van der Waals surface area contributed by atoms with E-state index in [1.807, 2.05) is 6.07 Å². The van der Waals surface area contributed by atoms with Crippen molar-refractivity contribution in [3.05, 3.63) is 53.0 Å². The molecule has 2 N–H and O–H groups in total. The number of fused-ring (bicyclic) bond motifs is 1. The van der Waals surface area contributed by atoms with Crippen LogP contribution in [0, 0.1) is 0 Å². The molecule has 26 heavy (non-hydrogen) atoms. The zero-order chi connectivity index (χ0) is 16.9. The molecule has 5 nitrogen and oxygen atoms in total. The van der Waals surface area contributed by atoms with Crippen LogP contribution >= 0.6 is 12.4 Å². The predicted molar refractivity (Wildman–Crippen MR) is 106 cm³/mol. The summed E-state index contributed by atoms with van der Waals surface area (Å²) in [5.41, 5.74) is 3.72. The van der Waals surface area contributed by atoms with Crippen LogP contribution in [0.1, 0.15) is 35.5 Å². The first kappa shape index (κ1) is 19.1. The lowest BCUT2D eigenvalue weighted by atomic mass is 10.1. The normalized spacial score (nSPS) is 19.3. The van der Waals surface area contributed by atoms with E-state index in [1.54, 1.807) is 0 Å². The summed E-state index contributed by atoms with van der Waals surface area (Å²) in [4.78, 5) is 9.77. The molecule has 0 amide bonds. The molecule has 6 heteroatoms. The van der Waals surface area contributed by atoms with Gasteiger partial charge in [0.15, 0.2) is 0 Å². The lowest BCUT2D eigenvalue weighted by Gasteiger charge is -2.17. The van der Waals surface area contributed by atoms with Crippen molar-refractivity contribution in [3.8, 4) is 0 Å². The van der Waals surface area contributed by atoms with Crippen molar-refractivity contribution in [3.63, 3.8) is 0 Å². The van der Waals surface area contributed by atoms with Crippen LogP contribution in [0.4, 0.5) is 5.82 Å². The molecule has 0 radical (unpaired) electrons. The maximum atomic E-state index is 5.75. The highest BCUT2D eigenvalue weighted by Gasteiger charge is 2.19. The Balaban J connectivity index is 0.00000196. The van der Waals surface area contributed by atoms with Crippen molar-refractivity contribution in [2.45, 2.75) is 38.2 Å². The van der Waals surface area contributed by atoms with Gasteiger partial charge in [0, 0.05) is 38.1 Å². The average Bonchev–Trinajstić information content (AvgIpc) is 3.05. The van der Waals surface area contributed by atoms with Crippen LogP contribution in [0.3, 0.4) is 0 Å². The van der Waals surface area contributed by atoms with Crippen LogP contribution in [0.2, 0.25) is 0 Å². The van der Waals surface area contributed by atoms with Crippen LogP contribution < -0.4 is 10.6 Å². The van der Waals surface area contributed by atoms with Crippen LogP contribution in [-0.2, 0) is 24.0 Å². The molecule has 1 fully saturated rings. The fourth-order valence-corrected chi connectivity index (χ4v) is 3.62. The van der Waals surface area contributed by atoms with E-state index < -0.39 is 0 Å². The highest BCUT2D eigenvalue weighted by Crippen LogP contribution is 2.22. The molecule has 0 aliphatic carbocycles. The molecule has 0 saturated carbocycles. The SMILES string of the molecule is Cl.c1ccc(Cc2nc3c(c(NCC4CCCO4)n2)CCNCC3)cc1. The number of aromatic nitrogens is 2. The molecule has 2 aromatic rings. The fourth-order valence-electron chi connectivity index (χ4n) is 3.62. The van der Waals surface area contributed by atoms with Gasteiger partial charge in [-0.2, -0.15) is 0 Å². The van der Waals surface area contributed by atoms with Crippen molar-refractivity contribution in [1.29, 1.82) is 0 Å². The topological polar surface area (TPSA) is 59.1 Å². The van der Waals surface area contributed by atoms with E-state index in [1.165, 1.54) is 16.8 Å². The van der Waals surface area contributed by atoms with E-state index in [0.29, 0.717) is 6.10 Å². The number of nitrogens with zero attached hydrogens (tertiary/aromatic N) is 2. The van der Waals surface area contributed by atoms with Gasteiger partial charge in [0.1, 0.15) is 11.6 Å². The first-order chi connectivity index (χ1) is 12.4. The molecular formula is C20H27ClN4O. The van der Waals surface area contributed by atoms with Crippen molar-refractivity contribution in [2.24, 2.45) is 0 Å². The Labute approximate surface area is 161 Å². The first-order valence-corrected chi connectivity index (χ1v) is 9.37. The van der Waals surface area contributed by atoms with E-state index >= 15 is 0 Å². The molecule has 3 heterocycles. The zero-order valence-corrected chi connectivity index (χ0v) is 15.9. The zero-order valence-electron chi connectivity index (χ0n) is 15.0. The van der Waals surface area contributed by atoms with E-state index in [-0.39, 0.29) is 12.4 Å². The average molecular weight is 375 g/mol. The molecule has 2 aliphatic heterocycles. The number of anilines is 1. The first-order valence-electron chi connectivity index (χ1n) is 9.37. The Morgan fingerprint density at radius 2 is 1.96 bits per heavy atom. The standard InChI is InChI=1S/C20H26N4O.ClH/c1-2-5-15(6-3-1)13-19-23-18-9-11-21-10-8-17(18)20(24-19)22-14-16-7-4-12-25-16;/h1-3,5-6,16,21H,4,7-14H2,(H,22,23,24);1H. The number of hydrogen-bond acceptors (Lipinski definition) is 5. The minimum atomic E-state index is 0. The molecule has 1 unspecified atom stereocenters. The number of benzene rings is 1. The minimum Gasteiger partial charge on any atom is -0.376 e. The molecule has 0 spiro atoms. The van der Waals surface area contributed by atoms with E-state index in [0.717, 1.165) is 70.0 Å². The second-order valence-corrected chi connectivity index (χ2v) is 6.84. The lowest BCUT2D eigenvalue weighted by molar-refractivity contribution is 0.120. The van der Waals surface area contributed by atoms with E-state index in [9.17, 15) is 0 Å². The fraction of sp³-hybridized carbons (Fsp3) is 0.500. The molecule has 4 rings (SSSR count). The maximum Gasteiger partial charge on any atom is 0.135 e. The number of hydrogen-bond donors (Lipinski definition) is 2. The number of halogens is 1. The molecule has 1 atom stereocenters. The highest BCUT2D eigenvalue weighted by atomic mass is 35.5. The molecule has 0 bridgehead atoms. The molecular weight excluding hydrogens is 348 g/mol. The molecule has 1 aromatic heterocycles. The number of rotatable bonds is 5. The second kappa shape index (κ2) is 9.31. The molecule has 1 saturated heterocycles. The van der Waals surface area contributed by atoms with Gasteiger partial charge in [-0.3, -0.25) is 0 Å². The predicted octanol–water partition coefficient (Wildman–Crippen LogP) is 2.77. The largest absolute Gasteiger partial charge is 0.376 e. The Hall–Kier alpha value is -1.69. The van der Waals surface area contributed by atoms with Crippen LogP contribution in [-0.4, -0.2) is 42.3 Å². The Morgan fingerprint density at radius 1 is 1.12 bits per heavy atom. The second-order valence-electron chi connectivity index (χ2n) is 6.84. The van der Waals surface area contributed by atoms with Crippen LogP contribution in [0.15, 0.2) is 30.3 Å². The van der Waals surface area contributed by atoms with Gasteiger partial charge in [0.2, 0.25) is 0 Å². The molecule has 2 aliphatic rings. The van der Waals surface area contributed by atoms with Crippen molar-refractivity contribution in [1.82, 2.24) is 15.3 Å². The summed E-state index contributed by atoms with van der Waals surface area (Å²) in [6, 6.07) is 10.5. The highest BCUT2D eigenvalue weighted by molar-refractivity contribution is 5.85. The quantitative estimate of drug-likeness (QED) is 0.842. The third-order valence-electron chi connectivity index (χ3n) is 4.96. The Morgan fingerprint density at radius 3 is 2.77 bits per heavy atom. The summed E-state index contributed by atoms with van der Waals surface area (Å²) in [5.74, 6) is 1.91. The van der Waals surface area contributed by atoms with Gasteiger partial charge in [0.25, 0.3) is 0 Å². The molecule has 140 valence electrons. The van der Waals surface area contributed by atoms with Gasteiger partial charge < -0.3 is 15.4 Å². The third-order valence-corrected chi connectivity index (χ3v) is 4.96. The van der Waals surface area contributed by atoms with Crippen molar-refractivity contribution in [2.75, 3.05) is 31.6 Å². The third kappa shape index (κ3) is 4.72. The molecule has 1 aromatic carbocycles. The van der Waals surface area contributed by atoms with Crippen LogP contribution in [0.25, 0.3) is 0 Å². The summed E-state index contributed by atoms with van der Waals surface area (Å²) in [5, 5.41) is 7.03. The van der Waals surface area contributed by atoms with Gasteiger partial charge in [-0.05, 0) is 31.4 Å². The van der Waals surface area contributed by atoms with Crippen molar-refractivity contribution >= 4 is 18.2 Å². The van der Waals surface area contributed by atoms with Gasteiger partial charge in [-0.25, -0.2) is 9.97 Å². The van der Waals surface area contributed by atoms with Crippen molar-refractivity contribution < 1.29 is 4.74 Å². The summed E-state index contributed by atoms with van der Waals surface area (Å²) in [6.45, 7) is 3.70. The summed E-state index contributed by atoms with van der Waals surface area (Å²) < 4.78 is 5.75. The smallest absolute Gasteiger partial charge is 0.135 e. The summed E-state index contributed by atoms with van der Waals surface area (Å²) in [7, 11) is 0. The monoisotopic (exact) mass is 374 g/mol. The van der Waals surface area contributed by atoms with Gasteiger partial charge in [-0.15, -0.1) is 12.4 Å². The Bertz CT molecular complexity index is 704. The maximum absolute atomic E-state index is 5.75. The van der Waals surface area contributed by atoms with Crippen LogP contribution in [0.5, 0.6) is 0 Å². The van der Waals surface area contributed by atoms with Gasteiger partial charge >= 0.3 is 0 Å². The minimum absolute atomic E-state index is 0. The number of ether oxygens (including phenoxy) is 1. The van der Waals surface area contributed by atoms with E-state index in [4.69, 9.17) is 14.7 Å². The van der Waals surface area contributed by atoms with E-state index in [2.05, 4.69) is 34.9 Å². The Kier molecular flexibility index (Phi) is 6.83. The van der Waals surface area contributed by atoms with Gasteiger partial charge in [0.05, 0.1) is 11.8 Å². The summed E-state index contributed by atoms with van der Waals surface area (Å²) >= 11 is 0. The number of nitrogens with one attached hydrogen (secondary N) is 2. The summed E-state index contributed by atoms with van der Waals surface area (Å²) in [6.07, 6.45) is 5.34. The lowest BCUT2D eigenvalue weighted by Crippen LogP contribution is -2.21. The van der Waals surface area contributed by atoms with Gasteiger partial charge in [-0.1, -0.05) is 30.3 Å².